The summed E-state index contributed by atoms with van der Waals surface area (Å²) in [5, 5.41) is 9.04. The van der Waals surface area contributed by atoms with Crippen molar-refractivity contribution >= 4 is 23.0 Å². The van der Waals surface area contributed by atoms with Gasteiger partial charge in [0.1, 0.15) is 11.6 Å². The monoisotopic (exact) mass is 321 g/mol. The molecule has 0 saturated heterocycles. The van der Waals surface area contributed by atoms with E-state index in [1.807, 2.05) is 0 Å². The largest absolute Gasteiger partial charge is 0.478 e. The number of imidazole rings is 1. The maximum Gasteiger partial charge on any atom is 0.335 e. The number of carbonyl (C=O) groups is 2. The highest BCUT2D eigenvalue weighted by Gasteiger charge is 2.24. The van der Waals surface area contributed by atoms with Crippen LogP contribution in [-0.2, 0) is 16.1 Å². The molecule has 1 aromatic carbocycles. The molecule has 1 unspecified atom stereocenters. The van der Waals surface area contributed by atoms with Gasteiger partial charge in [-0.15, -0.1) is 0 Å². The molecule has 23 heavy (non-hydrogen) atoms. The fourth-order valence-electron chi connectivity index (χ4n) is 2.12. The topological polar surface area (TPSA) is 127 Å². The lowest BCUT2D eigenvalue weighted by Crippen LogP contribution is -2.41. The molecule has 0 saturated carbocycles. The van der Waals surface area contributed by atoms with Crippen LogP contribution in [0.3, 0.4) is 0 Å². The van der Waals surface area contributed by atoms with Gasteiger partial charge in [-0.25, -0.2) is 9.59 Å². The van der Waals surface area contributed by atoms with E-state index in [-0.39, 0.29) is 12.1 Å². The van der Waals surface area contributed by atoms with Crippen molar-refractivity contribution in [2.45, 2.75) is 39.0 Å². The lowest BCUT2D eigenvalue weighted by Gasteiger charge is -2.22. The lowest BCUT2D eigenvalue weighted by molar-refractivity contribution is -0.156. The van der Waals surface area contributed by atoms with E-state index in [1.54, 1.807) is 20.8 Å². The number of aromatic nitrogens is 2. The van der Waals surface area contributed by atoms with E-state index in [9.17, 15) is 14.4 Å². The smallest absolute Gasteiger partial charge is 0.335 e. The molecular weight excluding hydrogens is 302 g/mol. The van der Waals surface area contributed by atoms with Crippen molar-refractivity contribution in [3.63, 3.8) is 0 Å². The summed E-state index contributed by atoms with van der Waals surface area (Å²) >= 11 is 0. The van der Waals surface area contributed by atoms with Crippen LogP contribution in [0.15, 0.2) is 23.0 Å². The zero-order valence-corrected chi connectivity index (χ0v) is 13.1. The summed E-state index contributed by atoms with van der Waals surface area (Å²) in [5.41, 5.74) is 5.53. The number of ether oxygens (including phenoxy) is 1. The third kappa shape index (κ3) is 3.78. The standard InChI is InChI=1S/C15H19N3O5/c1-15(2,3)23-13(21)9(16)7-18-11-6-8(12(19)20)4-5-10(11)17-14(18)22/h4-6,9H,7,16H2,1-3H3,(H,17,22)(H,19,20). The molecule has 0 spiro atoms. The summed E-state index contributed by atoms with van der Waals surface area (Å²) in [6.07, 6.45) is 0. The van der Waals surface area contributed by atoms with Crippen molar-refractivity contribution in [3.05, 3.63) is 34.2 Å². The summed E-state index contributed by atoms with van der Waals surface area (Å²) in [4.78, 5) is 37.6. The maximum atomic E-state index is 12.0. The quantitative estimate of drug-likeness (QED) is 0.711. The van der Waals surface area contributed by atoms with E-state index in [1.165, 1.54) is 22.8 Å². The molecular formula is C15H19N3O5. The van der Waals surface area contributed by atoms with E-state index < -0.39 is 29.3 Å². The van der Waals surface area contributed by atoms with Gasteiger partial charge in [0, 0.05) is 0 Å². The molecule has 0 aliphatic heterocycles. The van der Waals surface area contributed by atoms with Gasteiger partial charge in [-0.05, 0) is 39.0 Å². The van der Waals surface area contributed by atoms with E-state index in [0.29, 0.717) is 11.0 Å². The Bertz CT molecular complexity index is 813. The molecule has 1 aromatic heterocycles. The Hall–Kier alpha value is -2.61. The molecule has 0 aliphatic carbocycles. The van der Waals surface area contributed by atoms with Gasteiger partial charge >= 0.3 is 17.6 Å². The maximum absolute atomic E-state index is 12.0. The fraction of sp³-hybridized carbons (Fsp3) is 0.400. The molecule has 1 atom stereocenters. The average molecular weight is 321 g/mol. The second-order valence-electron chi connectivity index (χ2n) is 6.22. The second kappa shape index (κ2) is 5.88. The number of nitrogens with zero attached hydrogens (tertiary/aromatic N) is 1. The molecule has 4 N–H and O–H groups in total. The van der Waals surface area contributed by atoms with Crippen molar-refractivity contribution in [1.82, 2.24) is 9.55 Å². The second-order valence-corrected chi connectivity index (χ2v) is 6.22. The van der Waals surface area contributed by atoms with Crippen molar-refractivity contribution in [3.8, 4) is 0 Å². The minimum atomic E-state index is -1.11. The molecule has 124 valence electrons. The van der Waals surface area contributed by atoms with Gasteiger partial charge < -0.3 is 20.6 Å². The lowest BCUT2D eigenvalue weighted by atomic mass is 10.2. The van der Waals surface area contributed by atoms with E-state index in [4.69, 9.17) is 15.6 Å². The van der Waals surface area contributed by atoms with Gasteiger partial charge in [-0.1, -0.05) is 0 Å². The Morgan fingerprint density at radius 3 is 2.61 bits per heavy atom. The van der Waals surface area contributed by atoms with Crippen LogP contribution in [0.4, 0.5) is 0 Å². The third-order valence-electron chi connectivity index (χ3n) is 3.11. The number of rotatable bonds is 4. The molecule has 0 fully saturated rings. The summed E-state index contributed by atoms with van der Waals surface area (Å²) in [6, 6.07) is 3.20. The Morgan fingerprint density at radius 1 is 1.39 bits per heavy atom. The van der Waals surface area contributed by atoms with Crippen LogP contribution in [0, 0.1) is 0 Å². The van der Waals surface area contributed by atoms with Crippen LogP contribution in [0.25, 0.3) is 11.0 Å². The number of nitrogens with one attached hydrogen (secondary N) is 1. The highest BCUT2D eigenvalue weighted by atomic mass is 16.6. The first-order valence-corrected chi connectivity index (χ1v) is 7.03. The van der Waals surface area contributed by atoms with Gasteiger partial charge in [-0.3, -0.25) is 9.36 Å². The fourth-order valence-corrected chi connectivity index (χ4v) is 2.12. The molecule has 0 aliphatic rings. The summed E-state index contributed by atoms with van der Waals surface area (Å²) in [5.74, 6) is -1.74. The number of benzene rings is 1. The molecule has 0 amide bonds. The molecule has 2 aromatic rings. The van der Waals surface area contributed by atoms with Crippen LogP contribution in [0.2, 0.25) is 0 Å². The molecule has 2 rings (SSSR count). The van der Waals surface area contributed by atoms with Crippen molar-refractivity contribution < 1.29 is 19.4 Å². The van der Waals surface area contributed by atoms with E-state index in [2.05, 4.69) is 4.98 Å². The van der Waals surface area contributed by atoms with Crippen LogP contribution in [0.1, 0.15) is 31.1 Å². The number of hydrogen-bond acceptors (Lipinski definition) is 5. The Kier molecular flexibility index (Phi) is 4.28. The van der Waals surface area contributed by atoms with Gasteiger partial charge in [0.15, 0.2) is 0 Å². The van der Waals surface area contributed by atoms with Gasteiger partial charge in [0.2, 0.25) is 0 Å². The number of nitrogens with two attached hydrogens (primary N) is 1. The third-order valence-corrected chi connectivity index (χ3v) is 3.11. The number of carbonyl (C=O) groups excluding carboxylic acids is 1. The molecule has 8 heteroatoms. The Balaban J connectivity index is 2.34. The van der Waals surface area contributed by atoms with Crippen LogP contribution < -0.4 is 11.4 Å². The van der Waals surface area contributed by atoms with Crippen molar-refractivity contribution in [2.75, 3.05) is 0 Å². The predicted octanol–water partition coefficient (Wildman–Crippen LogP) is 0.697. The highest BCUT2D eigenvalue weighted by Crippen LogP contribution is 2.14. The first-order valence-electron chi connectivity index (χ1n) is 7.03. The SMILES string of the molecule is CC(C)(C)OC(=O)C(N)Cn1c(=O)[nH]c2ccc(C(=O)O)cc21. The number of fused-ring (bicyclic) bond motifs is 1. The number of esters is 1. The Morgan fingerprint density at radius 2 is 2.04 bits per heavy atom. The normalized spacial score (nSPS) is 13.0. The molecule has 1 heterocycles. The van der Waals surface area contributed by atoms with E-state index >= 15 is 0 Å². The van der Waals surface area contributed by atoms with Crippen molar-refractivity contribution in [1.29, 1.82) is 0 Å². The zero-order valence-electron chi connectivity index (χ0n) is 13.1. The van der Waals surface area contributed by atoms with Gasteiger partial charge in [-0.2, -0.15) is 0 Å². The van der Waals surface area contributed by atoms with Crippen LogP contribution in [-0.4, -0.2) is 38.2 Å². The molecule has 0 bridgehead atoms. The first-order chi connectivity index (χ1) is 10.6. The van der Waals surface area contributed by atoms with E-state index in [0.717, 1.165) is 0 Å². The number of aromatic amines is 1. The minimum Gasteiger partial charge on any atom is -0.478 e. The summed E-state index contributed by atoms with van der Waals surface area (Å²) in [6.45, 7) is 5.04. The number of aromatic carboxylic acids is 1. The predicted molar refractivity (Wildman–Crippen MR) is 83.3 cm³/mol. The number of hydrogen-bond donors (Lipinski definition) is 3. The summed E-state index contributed by atoms with van der Waals surface area (Å²) < 4.78 is 6.41. The zero-order chi connectivity index (χ0) is 17.4. The number of carboxylic acids is 1. The molecule has 8 nitrogen and oxygen atoms in total. The first kappa shape index (κ1) is 16.8. The van der Waals surface area contributed by atoms with Crippen LogP contribution >= 0.6 is 0 Å². The summed E-state index contributed by atoms with van der Waals surface area (Å²) in [7, 11) is 0. The average Bonchev–Trinajstić information content (AvgIpc) is 2.72. The Labute approximate surface area is 131 Å². The van der Waals surface area contributed by atoms with Gasteiger partial charge in [0.05, 0.1) is 23.1 Å². The molecule has 0 radical (unpaired) electrons. The van der Waals surface area contributed by atoms with Gasteiger partial charge in [0.25, 0.3) is 0 Å². The number of carboxylic acid groups (broad SMARTS) is 1. The highest BCUT2D eigenvalue weighted by molar-refractivity contribution is 5.92. The van der Waals surface area contributed by atoms with Crippen molar-refractivity contribution in [2.24, 2.45) is 5.73 Å². The number of H-pyrrole nitrogens is 1. The minimum absolute atomic E-state index is 0.0380. The van der Waals surface area contributed by atoms with Crippen LogP contribution in [0.5, 0.6) is 0 Å².